The van der Waals surface area contributed by atoms with Crippen molar-refractivity contribution in [3.63, 3.8) is 0 Å². The van der Waals surface area contributed by atoms with Gasteiger partial charge in [-0.2, -0.15) is 0 Å². The Hall–Kier alpha value is -0.820. The van der Waals surface area contributed by atoms with Gasteiger partial charge >= 0.3 is 0 Å². The largest absolute Gasteiger partial charge is 0.321 e. The molecule has 1 fully saturated rings. The number of hydrogen-bond donors (Lipinski definition) is 1. The van der Waals surface area contributed by atoms with Crippen LogP contribution in [0.5, 0.6) is 0 Å². The molecule has 0 saturated heterocycles. The van der Waals surface area contributed by atoms with Crippen molar-refractivity contribution in [3.8, 4) is 0 Å². The molecule has 0 unspecified atom stereocenters. The van der Waals surface area contributed by atoms with Gasteiger partial charge in [-0.15, -0.1) is 0 Å². The van der Waals surface area contributed by atoms with Crippen molar-refractivity contribution in [2.45, 2.75) is 51.5 Å². The van der Waals surface area contributed by atoms with Gasteiger partial charge in [-0.3, -0.25) is 0 Å². The second-order valence-corrected chi connectivity index (χ2v) is 4.71. The summed E-state index contributed by atoms with van der Waals surface area (Å²) in [5.74, 6) is 0. The lowest BCUT2D eigenvalue weighted by Gasteiger charge is -2.40. The Morgan fingerprint density at radius 1 is 1.20 bits per heavy atom. The van der Waals surface area contributed by atoms with E-state index in [2.05, 4.69) is 32.0 Å². The molecule has 0 aliphatic heterocycles. The molecule has 0 radical (unpaired) electrons. The van der Waals surface area contributed by atoms with Gasteiger partial charge in [0.25, 0.3) is 0 Å². The fourth-order valence-corrected chi connectivity index (χ4v) is 2.44. The molecule has 0 bridgehead atoms. The van der Waals surface area contributed by atoms with Crippen LogP contribution in [0.4, 0.5) is 0 Å². The van der Waals surface area contributed by atoms with Gasteiger partial charge < -0.3 is 5.73 Å². The van der Waals surface area contributed by atoms with Crippen LogP contribution < -0.4 is 5.73 Å². The van der Waals surface area contributed by atoms with Gasteiger partial charge in [0.1, 0.15) is 0 Å². The fraction of sp³-hybridized carbons (Fsp3) is 0.571. The molecule has 0 heterocycles. The molecule has 15 heavy (non-hydrogen) atoms. The normalized spacial score (nSPS) is 18.6. The minimum atomic E-state index is -0.00345. The Labute approximate surface area is 92.7 Å². The highest BCUT2D eigenvalue weighted by Crippen LogP contribution is 2.40. The van der Waals surface area contributed by atoms with E-state index >= 15 is 0 Å². The third-order valence-electron chi connectivity index (χ3n) is 3.75. The molecule has 1 saturated carbocycles. The zero-order valence-electron chi connectivity index (χ0n) is 9.84. The quantitative estimate of drug-likeness (QED) is 0.802. The van der Waals surface area contributed by atoms with Gasteiger partial charge in [-0.25, -0.2) is 0 Å². The first-order valence-electron chi connectivity index (χ1n) is 6.11. The van der Waals surface area contributed by atoms with Crippen LogP contribution in [0.3, 0.4) is 0 Å². The van der Waals surface area contributed by atoms with E-state index in [0.29, 0.717) is 0 Å². The molecule has 1 aliphatic rings. The van der Waals surface area contributed by atoms with Gasteiger partial charge in [0.2, 0.25) is 0 Å². The van der Waals surface area contributed by atoms with Crippen molar-refractivity contribution in [2.75, 3.05) is 0 Å². The average Bonchev–Trinajstić information content (AvgIpc) is 2.25. The van der Waals surface area contributed by atoms with Gasteiger partial charge in [0, 0.05) is 5.54 Å². The summed E-state index contributed by atoms with van der Waals surface area (Å²) in [7, 11) is 0. The third kappa shape index (κ3) is 1.81. The van der Waals surface area contributed by atoms with Crippen LogP contribution >= 0.6 is 0 Å². The predicted octanol–water partition coefficient (Wildman–Crippen LogP) is 3.15. The van der Waals surface area contributed by atoms with Gasteiger partial charge in [0.05, 0.1) is 0 Å². The molecule has 0 aromatic heterocycles. The minimum Gasteiger partial charge on any atom is -0.321 e. The lowest BCUT2D eigenvalue weighted by atomic mass is 9.70. The average molecular weight is 203 g/mol. The summed E-state index contributed by atoms with van der Waals surface area (Å²) >= 11 is 0. The van der Waals surface area contributed by atoms with Crippen LogP contribution in [0.1, 0.15) is 49.8 Å². The molecule has 2 N–H and O–H groups in total. The fourth-order valence-electron chi connectivity index (χ4n) is 2.44. The van der Waals surface area contributed by atoms with E-state index in [0.717, 1.165) is 25.7 Å². The lowest BCUT2D eigenvalue weighted by molar-refractivity contribution is 0.252. The molecule has 0 spiro atoms. The van der Waals surface area contributed by atoms with Crippen molar-refractivity contribution in [1.82, 2.24) is 0 Å². The van der Waals surface area contributed by atoms with E-state index in [9.17, 15) is 0 Å². The summed E-state index contributed by atoms with van der Waals surface area (Å²) in [6, 6.07) is 6.84. The molecule has 82 valence electrons. The maximum absolute atomic E-state index is 6.42. The molecule has 1 aromatic rings. The zero-order valence-corrected chi connectivity index (χ0v) is 9.84. The van der Waals surface area contributed by atoms with Gasteiger partial charge in [-0.05, 0) is 48.8 Å². The van der Waals surface area contributed by atoms with E-state index in [1.165, 1.54) is 23.1 Å². The number of nitrogens with two attached hydrogens (primary N) is 1. The smallest absolute Gasteiger partial charge is 0.0412 e. The highest BCUT2D eigenvalue weighted by Gasteiger charge is 2.35. The number of benzene rings is 1. The van der Waals surface area contributed by atoms with Crippen molar-refractivity contribution in [2.24, 2.45) is 5.73 Å². The van der Waals surface area contributed by atoms with Crippen molar-refractivity contribution in [1.29, 1.82) is 0 Å². The van der Waals surface area contributed by atoms with Crippen molar-refractivity contribution < 1.29 is 0 Å². The highest BCUT2D eigenvalue weighted by atomic mass is 14.8. The Morgan fingerprint density at radius 2 is 1.93 bits per heavy atom. The van der Waals surface area contributed by atoms with Crippen LogP contribution in [-0.2, 0) is 18.4 Å². The van der Waals surface area contributed by atoms with Gasteiger partial charge in [0.15, 0.2) is 0 Å². The van der Waals surface area contributed by atoms with E-state index in [-0.39, 0.29) is 5.54 Å². The van der Waals surface area contributed by atoms with Crippen LogP contribution in [0.15, 0.2) is 18.2 Å². The first-order chi connectivity index (χ1) is 7.19. The zero-order chi connectivity index (χ0) is 10.9. The molecule has 0 amide bonds. The van der Waals surface area contributed by atoms with Crippen LogP contribution in [-0.4, -0.2) is 0 Å². The van der Waals surface area contributed by atoms with Crippen LogP contribution in [0.2, 0.25) is 0 Å². The van der Waals surface area contributed by atoms with Crippen LogP contribution in [0, 0.1) is 0 Å². The first kappa shape index (κ1) is 10.7. The lowest BCUT2D eigenvalue weighted by Crippen LogP contribution is -2.44. The number of hydrogen-bond acceptors (Lipinski definition) is 1. The summed E-state index contributed by atoms with van der Waals surface area (Å²) in [6.45, 7) is 4.42. The number of rotatable bonds is 3. The summed E-state index contributed by atoms with van der Waals surface area (Å²) in [5, 5.41) is 0. The monoisotopic (exact) mass is 203 g/mol. The van der Waals surface area contributed by atoms with Crippen molar-refractivity contribution in [3.05, 3.63) is 34.9 Å². The minimum absolute atomic E-state index is 0.00345. The van der Waals surface area contributed by atoms with E-state index in [1.807, 2.05) is 0 Å². The van der Waals surface area contributed by atoms with Gasteiger partial charge in [-0.1, -0.05) is 32.0 Å². The Balaban J connectivity index is 2.41. The maximum Gasteiger partial charge on any atom is 0.0412 e. The highest BCUT2D eigenvalue weighted by molar-refractivity contribution is 5.38. The van der Waals surface area contributed by atoms with E-state index in [4.69, 9.17) is 5.73 Å². The molecule has 1 aliphatic carbocycles. The summed E-state index contributed by atoms with van der Waals surface area (Å²) in [5.41, 5.74) is 10.7. The predicted molar refractivity (Wildman–Crippen MR) is 64.9 cm³/mol. The van der Waals surface area contributed by atoms with E-state index in [1.54, 1.807) is 0 Å². The second-order valence-electron chi connectivity index (χ2n) is 4.71. The number of aryl methyl sites for hydroxylation is 2. The third-order valence-corrected chi connectivity index (χ3v) is 3.75. The second kappa shape index (κ2) is 3.97. The summed E-state index contributed by atoms with van der Waals surface area (Å²) < 4.78 is 0. The molecule has 0 atom stereocenters. The SMILES string of the molecule is CCc1ccc(CC)c(C2(N)CCC2)c1. The summed E-state index contributed by atoms with van der Waals surface area (Å²) in [6.07, 6.45) is 5.81. The molecular formula is C14H21N. The van der Waals surface area contributed by atoms with Crippen LogP contribution in [0.25, 0.3) is 0 Å². The Kier molecular flexibility index (Phi) is 2.83. The van der Waals surface area contributed by atoms with Crippen molar-refractivity contribution >= 4 is 0 Å². The maximum atomic E-state index is 6.42. The molecule has 1 aromatic carbocycles. The molecule has 2 rings (SSSR count). The standard InChI is InChI=1S/C14H21N/c1-3-11-6-7-12(4-2)13(10-11)14(15)8-5-9-14/h6-7,10H,3-5,8-9,15H2,1-2H3. The Bertz CT molecular complexity index is 350. The topological polar surface area (TPSA) is 26.0 Å². The van der Waals surface area contributed by atoms with E-state index < -0.39 is 0 Å². The molecule has 1 heteroatoms. The molecule has 1 nitrogen and oxygen atoms in total. The first-order valence-corrected chi connectivity index (χ1v) is 6.11. The molecular weight excluding hydrogens is 182 g/mol. The Morgan fingerprint density at radius 3 is 2.40 bits per heavy atom. The summed E-state index contributed by atoms with van der Waals surface area (Å²) in [4.78, 5) is 0.